The molecule has 1 fully saturated rings. The second-order valence-corrected chi connectivity index (χ2v) is 9.48. The summed E-state index contributed by atoms with van der Waals surface area (Å²) < 4.78 is 12.4. The fourth-order valence-electron chi connectivity index (χ4n) is 5.10. The average molecular weight is 483 g/mol. The molecular weight excluding hydrogens is 452 g/mol. The van der Waals surface area contributed by atoms with E-state index in [1.807, 2.05) is 37.3 Å². The Kier molecular flexibility index (Phi) is 6.58. The van der Waals surface area contributed by atoms with E-state index in [4.69, 9.17) is 9.47 Å². The number of nitriles is 1. The van der Waals surface area contributed by atoms with Crippen LogP contribution in [0.5, 0.6) is 23.0 Å². The van der Waals surface area contributed by atoms with Crippen molar-refractivity contribution in [2.45, 2.75) is 26.4 Å². The first-order valence-corrected chi connectivity index (χ1v) is 12.4. The predicted molar refractivity (Wildman–Crippen MR) is 139 cm³/mol. The summed E-state index contributed by atoms with van der Waals surface area (Å²) in [6.45, 7) is 8.06. The van der Waals surface area contributed by atoms with Crippen LogP contribution in [0.1, 0.15) is 48.6 Å². The fraction of sp³-hybridized carbons (Fsp3) is 0.300. The molecule has 5 rings (SSSR count). The van der Waals surface area contributed by atoms with Gasteiger partial charge in [-0.2, -0.15) is 5.26 Å². The van der Waals surface area contributed by atoms with Crippen LogP contribution in [0, 0.1) is 17.2 Å². The average Bonchev–Trinajstić information content (AvgIpc) is 2.86. The van der Waals surface area contributed by atoms with Gasteiger partial charge in [-0.1, -0.05) is 37.6 Å². The van der Waals surface area contributed by atoms with Crippen LogP contribution in [-0.2, 0) is 0 Å². The number of phenols is 2. The summed E-state index contributed by atoms with van der Waals surface area (Å²) in [5.41, 5.74) is 4.11. The monoisotopic (exact) mass is 482 g/mol. The van der Waals surface area contributed by atoms with Crippen LogP contribution < -0.4 is 9.47 Å². The highest BCUT2D eigenvalue weighted by Gasteiger charge is 2.32. The molecule has 2 heterocycles. The first kappa shape index (κ1) is 23.8. The Morgan fingerprint density at radius 3 is 2.56 bits per heavy atom. The maximum absolute atomic E-state index is 10.3. The Balaban J connectivity index is 1.43. The minimum atomic E-state index is -0.462. The Hall–Kier alpha value is -3.95. The molecule has 6 nitrogen and oxygen atoms in total. The third-order valence-corrected chi connectivity index (χ3v) is 7.17. The summed E-state index contributed by atoms with van der Waals surface area (Å²) >= 11 is 0. The molecule has 0 aromatic heterocycles. The highest BCUT2D eigenvalue weighted by Crippen LogP contribution is 2.49. The van der Waals surface area contributed by atoms with Gasteiger partial charge in [0.15, 0.2) is 0 Å². The minimum absolute atomic E-state index is 0.0853. The Morgan fingerprint density at radius 1 is 1.08 bits per heavy atom. The molecular formula is C30H30N2O4. The molecule has 184 valence electrons. The number of ether oxygens (including phenoxy) is 2. The molecule has 0 saturated carbocycles. The minimum Gasteiger partial charge on any atom is -0.508 e. The van der Waals surface area contributed by atoms with Gasteiger partial charge in [0.2, 0.25) is 0 Å². The summed E-state index contributed by atoms with van der Waals surface area (Å²) in [6, 6.07) is 20.2. The van der Waals surface area contributed by atoms with E-state index >= 15 is 0 Å². The van der Waals surface area contributed by atoms with Crippen molar-refractivity contribution < 1.29 is 19.7 Å². The number of fused-ring (bicyclic) bond motifs is 1. The second-order valence-electron chi connectivity index (χ2n) is 9.48. The third kappa shape index (κ3) is 4.50. The van der Waals surface area contributed by atoms with Gasteiger partial charge < -0.3 is 19.7 Å². The zero-order valence-electron chi connectivity index (χ0n) is 20.6. The van der Waals surface area contributed by atoms with Crippen LogP contribution >= 0.6 is 0 Å². The molecule has 0 bridgehead atoms. The quantitative estimate of drug-likeness (QED) is 0.446. The standard InChI is InChI=1S/C30H30N2O4/c1-3-20-17-32(18-20)13-14-35-24-9-7-21(8-10-24)30-28(22-5-4-6-23(33)15-22)19(2)29-25(16-31)26(34)11-12-27(29)36-30/h4-12,15,20,30,33-34H,3,13-14,17-18H2,1-2H3. The van der Waals surface area contributed by atoms with Gasteiger partial charge in [-0.05, 0) is 65.9 Å². The van der Waals surface area contributed by atoms with Gasteiger partial charge in [-0.3, -0.25) is 4.90 Å². The third-order valence-electron chi connectivity index (χ3n) is 7.17. The summed E-state index contributed by atoms with van der Waals surface area (Å²) in [6.07, 6.45) is 0.779. The van der Waals surface area contributed by atoms with Gasteiger partial charge >= 0.3 is 0 Å². The van der Waals surface area contributed by atoms with Gasteiger partial charge in [0.25, 0.3) is 0 Å². The normalized spacial score (nSPS) is 17.6. The molecule has 3 aromatic carbocycles. The highest BCUT2D eigenvalue weighted by atomic mass is 16.5. The second kappa shape index (κ2) is 9.96. The van der Waals surface area contributed by atoms with Crippen LogP contribution in [0.25, 0.3) is 11.1 Å². The molecule has 0 spiro atoms. The van der Waals surface area contributed by atoms with Crippen molar-refractivity contribution in [3.63, 3.8) is 0 Å². The van der Waals surface area contributed by atoms with Gasteiger partial charge in [0.1, 0.15) is 47.3 Å². The summed E-state index contributed by atoms with van der Waals surface area (Å²) in [5, 5.41) is 30.2. The van der Waals surface area contributed by atoms with Gasteiger partial charge in [-0.25, -0.2) is 0 Å². The van der Waals surface area contributed by atoms with Crippen LogP contribution in [0.4, 0.5) is 0 Å². The Bertz CT molecular complexity index is 1330. The number of aromatic hydroxyl groups is 2. The Labute approximate surface area is 211 Å². The lowest BCUT2D eigenvalue weighted by molar-refractivity contribution is 0.0806. The molecule has 2 aliphatic heterocycles. The largest absolute Gasteiger partial charge is 0.508 e. The number of benzene rings is 3. The van der Waals surface area contributed by atoms with Gasteiger partial charge in [0.05, 0.1) is 0 Å². The van der Waals surface area contributed by atoms with Crippen LogP contribution in [-0.4, -0.2) is 41.4 Å². The van der Waals surface area contributed by atoms with Crippen molar-refractivity contribution in [3.05, 3.63) is 82.9 Å². The van der Waals surface area contributed by atoms with Crippen LogP contribution in [0.3, 0.4) is 0 Å². The number of rotatable bonds is 7. The molecule has 6 heteroatoms. The number of allylic oxidation sites excluding steroid dienone is 1. The lowest BCUT2D eigenvalue weighted by atomic mass is 9.84. The van der Waals surface area contributed by atoms with Crippen molar-refractivity contribution in [3.8, 4) is 29.1 Å². The summed E-state index contributed by atoms with van der Waals surface area (Å²) in [5.74, 6) is 2.23. The smallest absolute Gasteiger partial charge is 0.150 e. The van der Waals surface area contributed by atoms with E-state index in [1.54, 1.807) is 24.3 Å². The first-order valence-electron chi connectivity index (χ1n) is 12.4. The molecule has 2 N–H and O–H groups in total. The molecule has 0 aliphatic carbocycles. The van der Waals surface area contributed by atoms with E-state index in [1.165, 1.54) is 12.5 Å². The molecule has 2 aliphatic rings. The van der Waals surface area contributed by atoms with Crippen LogP contribution in [0.15, 0.2) is 60.7 Å². The summed E-state index contributed by atoms with van der Waals surface area (Å²) in [7, 11) is 0. The van der Waals surface area contributed by atoms with Gasteiger partial charge in [-0.15, -0.1) is 0 Å². The molecule has 0 radical (unpaired) electrons. The fourth-order valence-corrected chi connectivity index (χ4v) is 5.10. The molecule has 0 amide bonds. The highest BCUT2D eigenvalue weighted by molar-refractivity contribution is 5.97. The lowest BCUT2D eigenvalue weighted by Crippen LogP contribution is -2.47. The van der Waals surface area contributed by atoms with E-state index < -0.39 is 6.10 Å². The van der Waals surface area contributed by atoms with E-state index in [0.29, 0.717) is 17.9 Å². The van der Waals surface area contributed by atoms with E-state index in [-0.39, 0.29) is 17.1 Å². The number of phenolic OH excluding ortho intramolecular Hbond substituents is 2. The summed E-state index contributed by atoms with van der Waals surface area (Å²) in [4.78, 5) is 2.41. The Morgan fingerprint density at radius 2 is 1.86 bits per heavy atom. The molecule has 1 atom stereocenters. The number of nitrogens with zero attached hydrogens (tertiary/aromatic N) is 2. The van der Waals surface area contributed by atoms with Gasteiger partial charge in [0, 0.05) is 30.8 Å². The number of hydrogen-bond acceptors (Lipinski definition) is 6. The maximum atomic E-state index is 10.3. The van der Waals surface area contributed by atoms with Crippen LogP contribution in [0.2, 0.25) is 0 Å². The van der Waals surface area contributed by atoms with Crippen molar-refractivity contribution in [2.24, 2.45) is 5.92 Å². The van der Waals surface area contributed by atoms with E-state index in [2.05, 4.69) is 17.9 Å². The van der Waals surface area contributed by atoms with Crippen molar-refractivity contribution in [2.75, 3.05) is 26.2 Å². The number of hydrogen-bond donors (Lipinski definition) is 2. The zero-order chi connectivity index (χ0) is 25.2. The lowest BCUT2D eigenvalue weighted by Gasteiger charge is -2.38. The number of likely N-dealkylation sites (tertiary alicyclic amines) is 1. The van der Waals surface area contributed by atoms with Crippen molar-refractivity contribution in [1.29, 1.82) is 5.26 Å². The van der Waals surface area contributed by atoms with Crippen molar-refractivity contribution in [1.82, 2.24) is 4.90 Å². The topological polar surface area (TPSA) is 86.0 Å². The molecule has 1 unspecified atom stereocenters. The predicted octanol–water partition coefficient (Wildman–Crippen LogP) is 5.75. The van der Waals surface area contributed by atoms with E-state index in [0.717, 1.165) is 53.6 Å². The zero-order valence-corrected chi connectivity index (χ0v) is 20.6. The molecule has 36 heavy (non-hydrogen) atoms. The van der Waals surface area contributed by atoms with Crippen molar-refractivity contribution >= 4 is 11.1 Å². The molecule has 3 aromatic rings. The van der Waals surface area contributed by atoms with E-state index in [9.17, 15) is 15.5 Å². The SMILES string of the molecule is CCC1CN(CCOc2ccc(C3Oc4ccc(O)c(C#N)c4C(C)=C3c3cccc(O)c3)cc2)C1. The maximum Gasteiger partial charge on any atom is 0.150 e. The first-order chi connectivity index (χ1) is 17.5. The molecule has 1 saturated heterocycles.